The molecule has 1 aliphatic heterocycles. The fourth-order valence-corrected chi connectivity index (χ4v) is 3.91. The maximum atomic E-state index is 11.9. The number of carbonyl (C=O) groups excluding carboxylic acids is 1. The second-order valence-corrected chi connectivity index (χ2v) is 7.04. The Morgan fingerprint density at radius 1 is 1.28 bits per heavy atom. The summed E-state index contributed by atoms with van der Waals surface area (Å²) in [6, 6.07) is 7.85. The first kappa shape index (κ1) is 14.8. The average Bonchev–Trinajstić information content (AvgIpc) is 3.23. The minimum Gasteiger partial charge on any atom is -0.346 e. The lowest BCUT2D eigenvalue weighted by atomic mass is 10.0. The first-order valence-electron chi connectivity index (χ1n) is 8.53. The highest BCUT2D eigenvalue weighted by Crippen LogP contribution is 2.46. The Morgan fingerprint density at radius 3 is 2.92 bits per heavy atom. The van der Waals surface area contributed by atoms with Crippen LogP contribution in [0.2, 0.25) is 5.02 Å². The number of carbonyl (C=O) groups is 1. The van der Waals surface area contributed by atoms with Gasteiger partial charge in [0, 0.05) is 42.1 Å². The van der Waals surface area contributed by atoms with Gasteiger partial charge in [-0.05, 0) is 42.0 Å². The Hall–Kier alpha value is -2.53. The van der Waals surface area contributed by atoms with Crippen molar-refractivity contribution in [2.45, 2.75) is 18.8 Å². The zero-order valence-electron chi connectivity index (χ0n) is 13.6. The van der Waals surface area contributed by atoms with Crippen molar-refractivity contribution in [2.75, 3.05) is 18.0 Å². The van der Waals surface area contributed by atoms with Crippen molar-refractivity contribution in [1.82, 2.24) is 15.3 Å². The molecule has 0 atom stereocenters. The molecule has 1 saturated heterocycles. The number of nitrogens with one attached hydrogen (secondary N) is 2. The van der Waals surface area contributed by atoms with Gasteiger partial charge in [0.05, 0.1) is 5.02 Å². The highest BCUT2D eigenvalue weighted by atomic mass is 35.5. The maximum absolute atomic E-state index is 11.9. The normalized spacial score (nSPS) is 17.3. The summed E-state index contributed by atoms with van der Waals surface area (Å²) in [5.74, 6) is 0.600. The van der Waals surface area contributed by atoms with E-state index in [2.05, 4.69) is 15.3 Å². The van der Waals surface area contributed by atoms with Crippen molar-refractivity contribution in [3.05, 3.63) is 47.2 Å². The zero-order valence-corrected chi connectivity index (χ0v) is 14.3. The summed E-state index contributed by atoms with van der Waals surface area (Å²) in [7, 11) is 0. The van der Waals surface area contributed by atoms with Crippen LogP contribution in [0, 0.1) is 0 Å². The topological polar surface area (TPSA) is 61.0 Å². The molecular weight excluding hydrogens is 336 g/mol. The maximum Gasteiger partial charge on any atom is 0.321 e. The number of amides is 2. The Morgan fingerprint density at radius 2 is 2.16 bits per heavy atom. The Bertz CT molecular complexity index is 992. The molecule has 2 aliphatic rings. The van der Waals surface area contributed by atoms with Crippen LogP contribution in [0.15, 0.2) is 36.7 Å². The van der Waals surface area contributed by atoms with Crippen LogP contribution in [0.5, 0.6) is 0 Å². The lowest BCUT2D eigenvalue weighted by Gasteiger charge is -2.16. The number of fused-ring (bicyclic) bond motifs is 1. The second-order valence-electron chi connectivity index (χ2n) is 6.66. The molecule has 2 amide bonds. The molecule has 0 unspecified atom stereocenters. The highest BCUT2D eigenvalue weighted by Gasteiger charge is 2.28. The Kier molecular flexibility index (Phi) is 3.25. The average molecular weight is 353 g/mol. The van der Waals surface area contributed by atoms with E-state index in [0.717, 1.165) is 32.9 Å². The third kappa shape index (κ3) is 2.38. The summed E-state index contributed by atoms with van der Waals surface area (Å²) >= 11 is 6.78. The first-order valence-corrected chi connectivity index (χ1v) is 8.91. The third-order valence-corrected chi connectivity index (χ3v) is 5.40. The minimum atomic E-state index is -0.0570. The van der Waals surface area contributed by atoms with Crippen molar-refractivity contribution in [3.8, 4) is 11.1 Å². The number of benzene rings is 1. The van der Waals surface area contributed by atoms with Gasteiger partial charge in [-0.1, -0.05) is 23.7 Å². The van der Waals surface area contributed by atoms with Crippen molar-refractivity contribution in [3.63, 3.8) is 0 Å². The van der Waals surface area contributed by atoms with E-state index < -0.39 is 0 Å². The van der Waals surface area contributed by atoms with E-state index in [1.165, 1.54) is 18.4 Å². The molecule has 3 heterocycles. The molecule has 1 saturated carbocycles. The van der Waals surface area contributed by atoms with Gasteiger partial charge in [0.2, 0.25) is 0 Å². The van der Waals surface area contributed by atoms with Gasteiger partial charge in [-0.2, -0.15) is 0 Å². The highest BCUT2D eigenvalue weighted by molar-refractivity contribution is 6.38. The van der Waals surface area contributed by atoms with E-state index in [1.807, 2.05) is 30.5 Å². The van der Waals surface area contributed by atoms with Crippen LogP contribution in [0.3, 0.4) is 0 Å². The number of H-pyrrole nitrogens is 1. The van der Waals surface area contributed by atoms with E-state index in [9.17, 15) is 4.79 Å². The molecule has 2 N–H and O–H groups in total. The number of aromatic nitrogens is 2. The van der Waals surface area contributed by atoms with Gasteiger partial charge >= 0.3 is 6.03 Å². The molecule has 25 heavy (non-hydrogen) atoms. The Balaban J connectivity index is 1.62. The van der Waals surface area contributed by atoms with Crippen LogP contribution in [-0.2, 0) is 0 Å². The van der Waals surface area contributed by atoms with Crippen LogP contribution in [0.1, 0.15) is 24.3 Å². The second kappa shape index (κ2) is 5.49. The molecule has 2 aromatic heterocycles. The number of pyridine rings is 1. The quantitative estimate of drug-likeness (QED) is 0.738. The zero-order chi connectivity index (χ0) is 17.0. The molecule has 5 nitrogen and oxygen atoms in total. The largest absolute Gasteiger partial charge is 0.346 e. The van der Waals surface area contributed by atoms with Crippen LogP contribution >= 0.6 is 11.6 Å². The molecule has 5 rings (SSSR count). The number of hydrogen-bond acceptors (Lipinski definition) is 2. The van der Waals surface area contributed by atoms with E-state index in [0.29, 0.717) is 19.0 Å². The van der Waals surface area contributed by atoms with Crippen LogP contribution in [-0.4, -0.2) is 29.1 Å². The molecule has 0 radical (unpaired) electrons. The summed E-state index contributed by atoms with van der Waals surface area (Å²) in [6.07, 6.45) is 6.27. The predicted octanol–water partition coefficient (Wildman–Crippen LogP) is 4.29. The molecule has 6 heteroatoms. The lowest BCUT2D eigenvalue weighted by molar-refractivity contribution is 0.252. The van der Waals surface area contributed by atoms with Gasteiger partial charge in [-0.25, -0.2) is 9.78 Å². The summed E-state index contributed by atoms with van der Waals surface area (Å²) in [6.45, 7) is 1.35. The van der Waals surface area contributed by atoms with Crippen molar-refractivity contribution < 1.29 is 4.79 Å². The number of anilines is 1. The fourth-order valence-electron chi connectivity index (χ4n) is 3.56. The van der Waals surface area contributed by atoms with Gasteiger partial charge in [-0.3, -0.25) is 4.90 Å². The number of aromatic amines is 1. The van der Waals surface area contributed by atoms with E-state index in [4.69, 9.17) is 11.6 Å². The summed E-state index contributed by atoms with van der Waals surface area (Å²) in [5, 5.41) is 4.60. The van der Waals surface area contributed by atoms with Gasteiger partial charge in [0.25, 0.3) is 0 Å². The van der Waals surface area contributed by atoms with Gasteiger partial charge in [0.1, 0.15) is 5.65 Å². The van der Waals surface area contributed by atoms with Crippen LogP contribution < -0.4 is 10.2 Å². The summed E-state index contributed by atoms with van der Waals surface area (Å²) < 4.78 is 0. The van der Waals surface area contributed by atoms with E-state index >= 15 is 0 Å². The molecular formula is C19H17ClN4O. The van der Waals surface area contributed by atoms with Crippen LogP contribution in [0.25, 0.3) is 22.2 Å². The molecule has 0 spiro atoms. The molecule has 3 aromatic rings. The number of urea groups is 1. The summed E-state index contributed by atoms with van der Waals surface area (Å²) in [4.78, 5) is 21.5. The summed E-state index contributed by atoms with van der Waals surface area (Å²) in [5.41, 5.74) is 4.85. The molecule has 2 fully saturated rings. The lowest BCUT2D eigenvalue weighted by Crippen LogP contribution is -2.27. The first-order chi connectivity index (χ1) is 12.2. The number of halogens is 1. The van der Waals surface area contributed by atoms with Gasteiger partial charge < -0.3 is 10.3 Å². The minimum absolute atomic E-state index is 0.0570. The van der Waals surface area contributed by atoms with Crippen molar-refractivity contribution in [2.24, 2.45) is 0 Å². The van der Waals surface area contributed by atoms with E-state index in [1.54, 1.807) is 11.1 Å². The number of hydrogen-bond donors (Lipinski definition) is 2. The van der Waals surface area contributed by atoms with Crippen molar-refractivity contribution in [1.29, 1.82) is 0 Å². The number of rotatable bonds is 3. The van der Waals surface area contributed by atoms with Gasteiger partial charge in [-0.15, -0.1) is 0 Å². The smallest absolute Gasteiger partial charge is 0.321 e. The molecule has 1 aliphatic carbocycles. The van der Waals surface area contributed by atoms with Gasteiger partial charge in [0.15, 0.2) is 0 Å². The van der Waals surface area contributed by atoms with Crippen LogP contribution in [0.4, 0.5) is 10.5 Å². The van der Waals surface area contributed by atoms with Crippen molar-refractivity contribution >= 4 is 34.4 Å². The SMILES string of the molecule is O=C1NCCN1c1cccc(-c2cnc3[nH]cc(C4CC4)c3c2Cl)c1. The molecule has 126 valence electrons. The Labute approximate surface area is 150 Å². The van der Waals surface area contributed by atoms with E-state index in [-0.39, 0.29) is 6.03 Å². The fraction of sp³-hybridized carbons (Fsp3) is 0.263. The molecule has 1 aromatic carbocycles. The monoisotopic (exact) mass is 352 g/mol. The third-order valence-electron chi connectivity index (χ3n) is 5.01. The standard InChI is InChI=1S/C19H17ClN4O/c20-17-15(10-23-18-16(17)14(9-22-18)11-4-5-11)12-2-1-3-13(8-12)24-7-6-21-19(24)25/h1-3,8-11H,4-7H2,(H,21,25)(H,22,23). The number of nitrogens with zero attached hydrogens (tertiary/aromatic N) is 2. The predicted molar refractivity (Wildman–Crippen MR) is 99.3 cm³/mol. The molecule has 0 bridgehead atoms.